The Hall–Kier alpha value is -0.410. The predicted molar refractivity (Wildman–Crippen MR) is 56.3 cm³/mol. The van der Waals surface area contributed by atoms with Gasteiger partial charge < -0.3 is 10.1 Å². The number of Topliss-reactive ketones (excluding diaryl/α,β-unsaturated/α-hetero) is 1. The van der Waals surface area contributed by atoms with E-state index in [1.807, 2.05) is 20.8 Å². The summed E-state index contributed by atoms with van der Waals surface area (Å²) in [7, 11) is 0. The number of nitrogens with one attached hydrogen (secondary N) is 1. The van der Waals surface area contributed by atoms with E-state index < -0.39 is 0 Å². The summed E-state index contributed by atoms with van der Waals surface area (Å²) in [6, 6.07) is 0.562. The molecular weight excluding hydrogens is 178 g/mol. The van der Waals surface area contributed by atoms with Crippen molar-refractivity contribution >= 4 is 5.78 Å². The Balaban J connectivity index is 2.40. The number of hydrogen-bond donors (Lipinski definition) is 1. The van der Waals surface area contributed by atoms with Crippen LogP contribution in [0.5, 0.6) is 0 Å². The molecule has 0 saturated carbocycles. The topological polar surface area (TPSA) is 38.3 Å². The maximum atomic E-state index is 11.7. The van der Waals surface area contributed by atoms with E-state index in [9.17, 15) is 4.79 Å². The van der Waals surface area contributed by atoms with Crippen LogP contribution < -0.4 is 5.32 Å². The van der Waals surface area contributed by atoms with Gasteiger partial charge in [-0.15, -0.1) is 0 Å². The molecule has 82 valence electrons. The summed E-state index contributed by atoms with van der Waals surface area (Å²) in [5, 5.41) is 3.37. The predicted octanol–water partition coefficient (Wildman–Crippen LogP) is 1.37. The summed E-state index contributed by atoms with van der Waals surface area (Å²) in [6.45, 7) is 9.37. The highest BCUT2D eigenvalue weighted by atomic mass is 16.5. The first-order valence-electron chi connectivity index (χ1n) is 5.26. The quantitative estimate of drug-likeness (QED) is 0.730. The number of ether oxygens (including phenoxy) is 1. The van der Waals surface area contributed by atoms with Gasteiger partial charge >= 0.3 is 0 Å². The third-order valence-electron chi connectivity index (χ3n) is 2.48. The largest absolute Gasteiger partial charge is 0.378 e. The van der Waals surface area contributed by atoms with Crippen LogP contribution in [0.25, 0.3) is 0 Å². The molecule has 0 aromatic heterocycles. The number of carbonyl (C=O) groups excluding carboxylic acids is 1. The van der Waals surface area contributed by atoms with E-state index in [1.54, 1.807) is 0 Å². The molecule has 0 spiro atoms. The smallest absolute Gasteiger partial charge is 0.139 e. The molecule has 1 aliphatic rings. The SMILES string of the molecule is CC1COCC(CC(=O)C(C)(C)C)N1. The lowest BCUT2D eigenvalue weighted by molar-refractivity contribution is -0.127. The van der Waals surface area contributed by atoms with E-state index in [1.165, 1.54) is 0 Å². The van der Waals surface area contributed by atoms with Gasteiger partial charge in [-0.1, -0.05) is 20.8 Å². The van der Waals surface area contributed by atoms with Crippen molar-refractivity contribution in [3.05, 3.63) is 0 Å². The minimum absolute atomic E-state index is 0.200. The van der Waals surface area contributed by atoms with E-state index >= 15 is 0 Å². The lowest BCUT2D eigenvalue weighted by Gasteiger charge is -2.30. The first-order chi connectivity index (χ1) is 6.39. The summed E-state index contributed by atoms with van der Waals surface area (Å²) in [6.07, 6.45) is 0.577. The Morgan fingerprint density at radius 1 is 1.43 bits per heavy atom. The van der Waals surface area contributed by atoms with Crippen molar-refractivity contribution in [3.8, 4) is 0 Å². The van der Waals surface area contributed by atoms with Crippen molar-refractivity contribution in [2.45, 2.75) is 46.2 Å². The van der Waals surface area contributed by atoms with Gasteiger partial charge in [-0.3, -0.25) is 4.79 Å². The Kier molecular flexibility index (Phi) is 3.67. The average Bonchev–Trinajstić information content (AvgIpc) is 2.02. The second-order valence-corrected chi connectivity index (χ2v) is 5.18. The Morgan fingerprint density at radius 3 is 2.57 bits per heavy atom. The monoisotopic (exact) mass is 199 g/mol. The Morgan fingerprint density at radius 2 is 2.07 bits per heavy atom. The van der Waals surface area contributed by atoms with Crippen LogP contribution in [0.1, 0.15) is 34.1 Å². The van der Waals surface area contributed by atoms with Gasteiger partial charge in [-0.2, -0.15) is 0 Å². The summed E-state index contributed by atoms with van der Waals surface area (Å²) in [5.41, 5.74) is -0.234. The van der Waals surface area contributed by atoms with Crippen molar-refractivity contribution in [1.29, 1.82) is 0 Å². The molecule has 14 heavy (non-hydrogen) atoms. The molecule has 1 aliphatic heterocycles. The Bertz CT molecular complexity index is 208. The summed E-state index contributed by atoms with van der Waals surface area (Å²) >= 11 is 0. The van der Waals surface area contributed by atoms with Crippen molar-refractivity contribution in [1.82, 2.24) is 5.32 Å². The molecule has 0 aliphatic carbocycles. The molecule has 3 nitrogen and oxygen atoms in total. The normalized spacial score (nSPS) is 28.9. The minimum Gasteiger partial charge on any atom is -0.378 e. The van der Waals surface area contributed by atoms with Crippen LogP contribution in [0.4, 0.5) is 0 Å². The van der Waals surface area contributed by atoms with E-state index in [0.29, 0.717) is 24.9 Å². The molecule has 0 bridgehead atoms. The highest BCUT2D eigenvalue weighted by Crippen LogP contribution is 2.18. The van der Waals surface area contributed by atoms with Gasteiger partial charge in [0, 0.05) is 23.9 Å². The van der Waals surface area contributed by atoms with Crippen LogP contribution in [-0.4, -0.2) is 31.1 Å². The van der Waals surface area contributed by atoms with Crippen LogP contribution in [-0.2, 0) is 9.53 Å². The number of ketones is 1. The maximum absolute atomic E-state index is 11.7. The fraction of sp³-hybridized carbons (Fsp3) is 0.909. The third kappa shape index (κ3) is 3.39. The molecule has 2 atom stereocenters. The van der Waals surface area contributed by atoms with E-state index in [4.69, 9.17) is 4.74 Å². The molecule has 3 heteroatoms. The van der Waals surface area contributed by atoms with Crippen LogP contribution in [0.15, 0.2) is 0 Å². The third-order valence-corrected chi connectivity index (χ3v) is 2.48. The van der Waals surface area contributed by atoms with Gasteiger partial charge in [0.05, 0.1) is 13.2 Å². The Labute approximate surface area is 86.2 Å². The fourth-order valence-electron chi connectivity index (χ4n) is 1.53. The van der Waals surface area contributed by atoms with Crippen LogP contribution in [0.3, 0.4) is 0 Å². The average molecular weight is 199 g/mol. The lowest BCUT2D eigenvalue weighted by atomic mass is 9.87. The zero-order valence-corrected chi connectivity index (χ0v) is 9.59. The van der Waals surface area contributed by atoms with Gasteiger partial charge in [0.15, 0.2) is 0 Å². The number of carbonyl (C=O) groups is 1. The molecular formula is C11H21NO2. The molecule has 0 aromatic carbocycles. The van der Waals surface area contributed by atoms with E-state index in [0.717, 1.165) is 6.61 Å². The zero-order valence-electron chi connectivity index (χ0n) is 9.59. The van der Waals surface area contributed by atoms with Crippen molar-refractivity contribution in [2.75, 3.05) is 13.2 Å². The van der Waals surface area contributed by atoms with Crippen LogP contribution in [0.2, 0.25) is 0 Å². The molecule has 0 aromatic rings. The van der Waals surface area contributed by atoms with Gasteiger partial charge in [0.25, 0.3) is 0 Å². The summed E-state index contributed by atoms with van der Waals surface area (Å²) in [5.74, 6) is 0.299. The zero-order chi connectivity index (χ0) is 10.8. The summed E-state index contributed by atoms with van der Waals surface area (Å²) in [4.78, 5) is 11.7. The molecule has 1 heterocycles. The maximum Gasteiger partial charge on any atom is 0.139 e. The summed E-state index contributed by atoms with van der Waals surface area (Å²) < 4.78 is 5.39. The molecule has 1 N–H and O–H groups in total. The second kappa shape index (κ2) is 4.41. The van der Waals surface area contributed by atoms with Crippen LogP contribution in [0, 0.1) is 5.41 Å². The number of morpholine rings is 1. The van der Waals surface area contributed by atoms with Gasteiger partial charge in [-0.25, -0.2) is 0 Å². The number of hydrogen-bond acceptors (Lipinski definition) is 3. The van der Waals surface area contributed by atoms with Crippen molar-refractivity contribution in [2.24, 2.45) is 5.41 Å². The van der Waals surface area contributed by atoms with Gasteiger partial charge in [-0.05, 0) is 6.92 Å². The fourth-order valence-corrected chi connectivity index (χ4v) is 1.53. The van der Waals surface area contributed by atoms with Crippen molar-refractivity contribution in [3.63, 3.8) is 0 Å². The standard InChI is InChI=1S/C11H21NO2/c1-8-6-14-7-9(12-8)5-10(13)11(2,3)4/h8-9,12H,5-7H2,1-4H3. The second-order valence-electron chi connectivity index (χ2n) is 5.18. The molecule has 0 radical (unpaired) electrons. The van der Waals surface area contributed by atoms with Gasteiger partial charge in [0.2, 0.25) is 0 Å². The lowest BCUT2D eigenvalue weighted by Crippen LogP contribution is -2.48. The highest BCUT2D eigenvalue weighted by Gasteiger charge is 2.27. The first-order valence-corrected chi connectivity index (χ1v) is 5.26. The van der Waals surface area contributed by atoms with Crippen molar-refractivity contribution < 1.29 is 9.53 Å². The first kappa shape index (κ1) is 11.7. The van der Waals surface area contributed by atoms with E-state index in [2.05, 4.69) is 12.2 Å². The van der Waals surface area contributed by atoms with E-state index in [-0.39, 0.29) is 11.5 Å². The molecule has 1 fully saturated rings. The molecule has 1 saturated heterocycles. The molecule has 2 unspecified atom stereocenters. The number of rotatable bonds is 2. The minimum atomic E-state index is -0.234. The molecule has 0 amide bonds. The van der Waals surface area contributed by atoms with Crippen LogP contribution >= 0.6 is 0 Å². The molecule has 1 rings (SSSR count). The highest BCUT2D eigenvalue weighted by molar-refractivity contribution is 5.84. The van der Waals surface area contributed by atoms with Gasteiger partial charge in [0.1, 0.15) is 5.78 Å².